The Hall–Kier alpha value is -1.72. The zero-order valence-electron chi connectivity index (χ0n) is 8.12. The number of carboxylic acid groups (broad SMARTS) is 1. The minimum absolute atomic E-state index is 0.0387. The molecule has 0 saturated heterocycles. The number of carboxylic acids is 1. The van der Waals surface area contributed by atoms with Crippen molar-refractivity contribution in [3.63, 3.8) is 0 Å². The molecule has 0 saturated carbocycles. The van der Waals surface area contributed by atoms with E-state index in [1.165, 1.54) is 14.0 Å². The number of alkyl halides is 2. The highest BCUT2D eigenvalue weighted by Gasteiger charge is 2.23. The summed E-state index contributed by atoms with van der Waals surface area (Å²) in [4.78, 5) is 14.4. The predicted octanol–water partition coefficient (Wildman–Crippen LogP) is 2.03. The van der Waals surface area contributed by atoms with Crippen LogP contribution in [0.15, 0.2) is 6.20 Å². The van der Waals surface area contributed by atoms with Crippen LogP contribution in [0.2, 0.25) is 0 Å². The molecular formula is C9H9F2NO3. The van der Waals surface area contributed by atoms with E-state index in [4.69, 9.17) is 9.84 Å². The Morgan fingerprint density at radius 3 is 2.60 bits per heavy atom. The minimum atomic E-state index is -2.87. The van der Waals surface area contributed by atoms with Gasteiger partial charge in [0, 0.05) is 11.8 Å². The first kappa shape index (κ1) is 11.4. The molecule has 0 amide bonds. The quantitative estimate of drug-likeness (QED) is 0.841. The molecule has 1 N–H and O–H groups in total. The van der Waals surface area contributed by atoms with E-state index in [1.54, 1.807) is 0 Å². The molecule has 1 aromatic heterocycles. The number of nitrogens with zero attached hydrogens (tertiary/aromatic N) is 1. The van der Waals surface area contributed by atoms with E-state index in [0.29, 0.717) is 0 Å². The van der Waals surface area contributed by atoms with Gasteiger partial charge in [0.1, 0.15) is 0 Å². The summed E-state index contributed by atoms with van der Waals surface area (Å²) in [6.45, 7) is 1.38. The van der Waals surface area contributed by atoms with Gasteiger partial charge < -0.3 is 9.84 Å². The van der Waals surface area contributed by atoms with Crippen molar-refractivity contribution in [2.75, 3.05) is 7.11 Å². The number of aromatic carboxylic acids is 1. The van der Waals surface area contributed by atoms with Crippen LogP contribution in [-0.4, -0.2) is 23.2 Å². The van der Waals surface area contributed by atoms with Crippen LogP contribution >= 0.6 is 0 Å². The van der Waals surface area contributed by atoms with Gasteiger partial charge in [-0.1, -0.05) is 0 Å². The van der Waals surface area contributed by atoms with Gasteiger partial charge in [-0.05, 0) is 6.92 Å². The van der Waals surface area contributed by atoms with Gasteiger partial charge in [-0.25, -0.2) is 18.6 Å². The minimum Gasteiger partial charge on any atom is -0.481 e. The van der Waals surface area contributed by atoms with Crippen LogP contribution in [0.4, 0.5) is 8.78 Å². The summed E-state index contributed by atoms with van der Waals surface area (Å²) in [5.74, 6) is -1.37. The Labute approximate surface area is 84.5 Å². The predicted molar refractivity (Wildman–Crippen MR) is 47.4 cm³/mol. The fourth-order valence-electron chi connectivity index (χ4n) is 1.27. The number of hydrogen-bond acceptors (Lipinski definition) is 3. The van der Waals surface area contributed by atoms with Crippen molar-refractivity contribution in [3.8, 4) is 5.88 Å². The Morgan fingerprint density at radius 2 is 2.20 bits per heavy atom. The maximum Gasteiger partial charge on any atom is 0.336 e. The number of methoxy groups -OCH3 is 1. The Morgan fingerprint density at radius 1 is 1.60 bits per heavy atom. The average molecular weight is 217 g/mol. The van der Waals surface area contributed by atoms with Crippen molar-refractivity contribution in [1.29, 1.82) is 0 Å². The lowest BCUT2D eigenvalue weighted by Gasteiger charge is -2.10. The molecule has 0 unspecified atom stereocenters. The van der Waals surface area contributed by atoms with Crippen LogP contribution in [0.25, 0.3) is 0 Å². The van der Waals surface area contributed by atoms with Crippen molar-refractivity contribution < 1.29 is 23.4 Å². The molecule has 0 radical (unpaired) electrons. The van der Waals surface area contributed by atoms with Crippen molar-refractivity contribution >= 4 is 5.97 Å². The van der Waals surface area contributed by atoms with Crippen molar-refractivity contribution in [3.05, 3.63) is 22.9 Å². The second-order valence-corrected chi connectivity index (χ2v) is 2.83. The molecule has 4 nitrogen and oxygen atoms in total. The number of rotatable bonds is 3. The fourth-order valence-corrected chi connectivity index (χ4v) is 1.27. The molecule has 1 rings (SSSR count). The molecule has 0 aromatic carbocycles. The number of hydrogen-bond donors (Lipinski definition) is 1. The Kier molecular flexibility index (Phi) is 3.18. The van der Waals surface area contributed by atoms with Crippen LogP contribution in [0.1, 0.15) is 27.9 Å². The van der Waals surface area contributed by atoms with Gasteiger partial charge in [0.2, 0.25) is 5.88 Å². The highest BCUT2D eigenvalue weighted by molar-refractivity contribution is 5.91. The molecule has 0 aliphatic rings. The Bertz CT molecular complexity index is 393. The maximum absolute atomic E-state index is 12.5. The van der Waals surface area contributed by atoms with E-state index in [1.807, 2.05) is 0 Å². The second kappa shape index (κ2) is 4.20. The molecule has 0 aliphatic heterocycles. The second-order valence-electron chi connectivity index (χ2n) is 2.83. The van der Waals surface area contributed by atoms with Gasteiger partial charge in [-0.15, -0.1) is 0 Å². The number of pyridine rings is 1. The van der Waals surface area contributed by atoms with Gasteiger partial charge in [-0.2, -0.15) is 0 Å². The van der Waals surface area contributed by atoms with Gasteiger partial charge in [0.25, 0.3) is 6.43 Å². The van der Waals surface area contributed by atoms with Crippen LogP contribution in [0, 0.1) is 6.92 Å². The molecular weight excluding hydrogens is 208 g/mol. The third-order valence-electron chi connectivity index (χ3n) is 1.95. The number of carbonyl (C=O) groups is 1. The number of ether oxygens (including phenoxy) is 1. The summed E-state index contributed by atoms with van der Waals surface area (Å²) in [5.41, 5.74) is -0.944. The van der Waals surface area contributed by atoms with Crippen LogP contribution in [-0.2, 0) is 0 Å². The van der Waals surface area contributed by atoms with Gasteiger partial charge in [0.05, 0.1) is 18.2 Å². The zero-order chi connectivity index (χ0) is 11.6. The number of halogens is 2. The zero-order valence-corrected chi connectivity index (χ0v) is 8.12. The largest absolute Gasteiger partial charge is 0.481 e. The molecule has 1 heterocycles. The van der Waals surface area contributed by atoms with Gasteiger partial charge in [0.15, 0.2) is 0 Å². The monoisotopic (exact) mass is 217 g/mol. The van der Waals surface area contributed by atoms with E-state index >= 15 is 0 Å². The summed E-state index contributed by atoms with van der Waals surface area (Å²) in [6.07, 6.45) is -2.05. The van der Waals surface area contributed by atoms with Crippen LogP contribution in [0.3, 0.4) is 0 Å². The van der Waals surface area contributed by atoms with Crippen LogP contribution in [0.5, 0.6) is 5.88 Å². The first-order chi connectivity index (χ1) is 6.99. The van der Waals surface area contributed by atoms with E-state index in [-0.39, 0.29) is 11.4 Å². The smallest absolute Gasteiger partial charge is 0.336 e. The van der Waals surface area contributed by atoms with E-state index in [0.717, 1.165) is 6.20 Å². The first-order valence-corrected chi connectivity index (χ1v) is 4.04. The summed E-state index contributed by atoms with van der Waals surface area (Å²) in [6, 6.07) is 0. The summed E-state index contributed by atoms with van der Waals surface area (Å²) < 4.78 is 29.7. The van der Waals surface area contributed by atoms with Crippen LogP contribution < -0.4 is 4.74 Å². The highest BCUT2D eigenvalue weighted by Crippen LogP contribution is 2.28. The molecule has 1 aromatic rings. The molecule has 0 spiro atoms. The lowest BCUT2D eigenvalue weighted by atomic mass is 10.1. The molecule has 82 valence electrons. The molecule has 0 atom stereocenters. The third kappa shape index (κ3) is 2.03. The number of aromatic nitrogens is 1. The summed E-state index contributed by atoms with van der Waals surface area (Å²) in [5, 5.41) is 8.80. The van der Waals surface area contributed by atoms with Gasteiger partial charge >= 0.3 is 5.97 Å². The fraction of sp³-hybridized carbons (Fsp3) is 0.333. The standard InChI is InChI=1S/C9H9F2NO3/c1-4-6(9(13)14)5(7(10)11)3-12-8(4)15-2/h3,7H,1-2H3,(H,13,14). The SMILES string of the molecule is COc1ncc(C(F)F)c(C(=O)O)c1C. The first-order valence-electron chi connectivity index (χ1n) is 4.04. The maximum atomic E-state index is 12.5. The molecule has 0 fully saturated rings. The molecule has 6 heteroatoms. The van der Waals surface area contributed by atoms with Crippen molar-refractivity contribution in [1.82, 2.24) is 4.98 Å². The van der Waals surface area contributed by atoms with Crippen molar-refractivity contribution in [2.45, 2.75) is 13.3 Å². The molecule has 0 aliphatic carbocycles. The average Bonchev–Trinajstić information content (AvgIpc) is 2.16. The van der Waals surface area contributed by atoms with Crippen molar-refractivity contribution in [2.24, 2.45) is 0 Å². The van der Waals surface area contributed by atoms with E-state index < -0.39 is 23.5 Å². The lowest BCUT2D eigenvalue weighted by Crippen LogP contribution is -2.08. The normalized spacial score (nSPS) is 10.5. The van der Waals surface area contributed by atoms with E-state index in [2.05, 4.69) is 4.98 Å². The molecule has 0 bridgehead atoms. The lowest BCUT2D eigenvalue weighted by molar-refractivity contribution is 0.0682. The Balaban J connectivity index is 3.44. The topological polar surface area (TPSA) is 59.4 Å². The summed E-state index contributed by atoms with van der Waals surface area (Å²) >= 11 is 0. The summed E-state index contributed by atoms with van der Waals surface area (Å²) in [7, 11) is 1.29. The highest BCUT2D eigenvalue weighted by atomic mass is 19.3. The van der Waals surface area contributed by atoms with Gasteiger partial charge in [-0.3, -0.25) is 0 Å². The van der Waals surface area contributed by atoms with E-state index in [9.17, 15) is 13.6 Å². The molecule has 15 heavy (non-hydrogen) atoms. The third-order valence-corrected chi connectivity index (χ3v) is 1.95.